The molecule has 8 heteroatoms. The van der Waals surface area contributed by atoms with Crippen molar-refractivity contribution in [1.29, 1.82) is 0 Å². The summed E-state index contributed by atoms with van der Waals surface area (Å²) in [6.07, 6.45) is 1.67. The van der Waals surface area contributed by atoms with Gasteiger partial charge in [-0.3, -0.25) is 19.8 Å². The third-order valence-corrected chi connectivity index (χ3v) is 3.91. The lowest BCUT2D eigenvalue weighted by Crippen LogP contribution is -2.57. The Hall–Kier alpha value is -1.54. The van der Waals surface area contributed by atoms with Gasteiger partial charge in [0.1, 0.15) is 10.7 Å². The number of rotatable bonds is 6. The number of carbonyl (C=O) groups is 2. The molecular formula is C12H19N5O2S. The first-order chi connectivity index (χ1) is 9.65. The highest BCUT2D eigenvalue weighted by Gasteiger charge is 2.33. The maximum absolute atomic E-state index is 11.8. The van der Waals surface area contributed by atoms with Crippen molar-refractivity contribution >= 4 is 28.3 Å². The van der Waals surface area contributed by atoms with Crippen LogP contribution >= 0.6 is 11.5 Å². The summed E-state index contributed by atoms with van der Waals surface area (Å²) >= 11 is 1.30. The molecule has 1 fully saturated rings. The summed E-state index contributed by atoms with van der Waals surface area (Å²) < 4.78 is 3.95. The van der Waals surface area contributed by atoms with E-state index in [1.54, 1.807) is 0 Å². The van der Waals surface area contributed by atoms with Gasteiger partial charge < -0.3 is 5.32 Å². The van der Waals surface area contributed by atoms with Gasteiger partial charge in [0.25, 0.3) is 0 Å². The number of hydrogen-bond donors (Lipinski definition) is 2. The van der Waals surface area contributed by atoms with Crippen molar-refractivity contribution in [3.63, 3.8) is 0 Å². The van der Waals surface area contributed by atoms with E-state index in [1.807, 2.05) is 11.8 Å². The minimum Gasteiger partial charge on any atom is -0.374 e. The second-order valence-corrected chi connectivity index (χ2v) is 5.47. The third kappa shape index (κ3) is 3.31. The molecule has 110 valence electrons. The van der Waals surface area contributed by atoms with Crippen molar-refractivity contribution < 1.29 is 9.59 Å². The van der Waals surface area contributed by atoms with Crippen LogP contribution in [-0.2, 0) is 16.1 Å². The first-order valence-electron chi connectivity index (χ1n) is 6.78. The number of nitrogens with zero attached hydrogens (tertiary/aromatic N) is 3. The number of aromatic nitrogens is 2. The average Bonchev–Trinajstić information content (AvgIpc) is 2.83. The van der Waals surface area contributed by atoms with Crippen molar-refractivity contribution in [3.05, 3.63) is 5.69 Å². The summed E-state index contributed by atoms with van der Waals surface area (Å²) in [4.78, 5) is 25.2. The van der Waals surface area contributed by atoms with Crippen LogP contribution in [0.15, 0.2) is 0 Å². The molecule has 1 saturated heterocycles. The van der Waals surface area contributed by atoms with E-state index in [1.165, 1.54) is 11.5 Å². The predicted molar refractivity (Wildman–Crippen MR) is 76.3 cm³/mol. The van der Waals surface area contributed by atoms with E-state index in [4.69, 9.17) is 0 Å². The fraction of sp³-hybridized carbons (Fsp3) is 0.667. The van der Waals surface area contributed by atoms with Gasteiger partial charge in [0.05, 0.1) is 12.6 Å². The molecule has 0 aromatic carbocycles. The Bertz CT molecular complexity index is 490. The Balaban J connectivity index is 2.09. The van der Waals surface area contributed by atoms with Gasteiger partial charge in [-0.15, -0.1) is 5.10 Å². The molecule has 20 heavy (non-hydrogen) atoms. The molecule has 2 heterocycles. The van der Waals surface area contributed by atoms with Crippen LogP contribution in [0.3, 0.4) is 0 Å². The molecule has 2 rings (SSSR count). The molecule has 1 aromatic rings. The summed E-state index contributed by atoms with van der Waals surface area (Å²) in [5, 5.41) is 10.7. The molecule has 0 radical (unpaired) electrons. The molecule has 1 atom stereocenters. The van der Waals surface area contributed by atoms with Gasteiger partial charge in [-0.05, 0) is 12.8 Å². The van der Waals surface area contributed by atoms with E-state index in [9.17, 15) is 9.59 Å². The van der Waals surface area contributed by atoms with Crippen molar-refractivity contribution in [2.24, 2.45) is 0 Å². The summed E-state index contributed by atoms with van der Waals surface area (Å²) in [6, 6.07) is -0.284. The Morgan fingerprint density at radius 1 is 1.45 bits per heavy atom. The van der Waals surface area contributed by atoms with Gasteiger partial charge in [-0.1, -0.05) is 18.3 Å². The van der Waals surface area contributed by atoms with Gasteiger partial charge in [-0.2, -0.15) is 0 Å². The van der Waals surface area contributed by atoms with Crippen LogP contribution < -0.4 is 10.6 Å². The Labute approximate surface area is 121 Å². The molecule has 2 N–H and O–H groups in total. The predicted octanol–water partition coefficient (Wildman–Crippen LogP) is 0.597. The summed E-state index contributed by atoms with van der Waals surface area (Å²) in [5.41, 5.74) is 0.796. The number of piperazine rings is 1. The SMILES string of the molecule is CCCNc1snnc1CN1CC(=O)NC(=O)C1CC. The second-order valence-electron chi connectivity index (χ2n) is 4.72. The van der Waals surface area contributed by atoms with Crippen molar-refractivity contribution in [1.82, 2.24) is 19.8 Å². The van der Waals surface area contributed by atoms with Crippen LogP contribution in [0, 0.1) is 0 Å². The summed E-state index contributed by atoms with van der Waals surface area (Å²) in [6.45, 7) is 5.55. The third-order valence-electron chi connectivity index (χ3n) is 3.18. The maximum atomic E-state index is 11.8. The molecule has 0 spiro atoms. The lowest BCUT2D eigenvalue weighted by Gasteiger charge is -2.32. The number of hydrogen-bond acceptors (Lipinski definition) is 7. The van der Waals surface area contributed by atoms with E-state index >= 15 is 0 Å². The van der Waals surface area contributed by atoms with Gasteiger partial charge in [0.15, 0.2) is 0 Å². The summed E-state index contributed by atoms with van der Waals surface area (Å²) in [7, 11) is 0. The zero-order valence-corrected chi connectivity index (χ0v) is 12.5. The molecule has 2 amide bonds. The van der Waals surface area contributed by atoms with Crippen molar-refractivity contribution in [3.8, 4) is 0 Å². The molecule has 1 aromatic heterocycles. The fourth-order valence-electron chi connectivity index (χ4n) is 2.21. The number of anilines is 1. The smallest absolute Gasteiger partial charge is 0.243 e. The first-order valence-corrected chi connectivity index (χ1v) is 7.55. The topological polar surface area (TPSA) is 87.2 Å². The highest BCUT2D eigenvalue weighted by Crippen LogP contribution is 2.21. The van der Waals surface area contributed by atoms with Crippen LogP contribution in [0.2, 0.25) is 0 Å². The van der Waals surface area contributed by atoms with E-state index in [0.29, 0.717) is 13.0 Å². The standard InChI is InChI=1S/C12H19N5O2S/c1-3-5-13-12-8(15-16-20-12)6-17-7-10(18)14-11(19)9(17)4-2/h9,13H,3-7H2,1-2H3,(H,14,18,19). The zero-order chi connectivity index (χ0) is 14.5. The molecule has 1 unspecified atom stereocenters. The average molecular weight is 297 g/mol. The highest BCUT2D eigenvalue weighted by atomic mass is 32.1. The fourth-order valence-corrected chi connectivity index (χ4v) is 2.81. The quantitative estimate of drug-likeness (QED) is 0.748. The first kappa shape index (κ1) is 14.9. The highest BCUT2D eigenvalue weighted by molar-refractivity contribution is 7.10. The van der Waals surface area contributed by atoms with Crippen LogP contribution in [0.1, 0.15) is 32.4 Å². The van der Waals surface area contributed by atoms with E-state index in [0.717, 1.165) is 23.7 Å². The zero-order valence-electron chi connectivity index (χ0n) is 11.7. The van der Waals surface area contributed by atoms with Crippen LogP contribution in [-0.4, -0.2) is 45.4 Å². The van der Waals surface area contributed by atoms with Crippen molar-refractivity contribution in [2.45, 2.75) is 39.3 Å². The monoisotopic (exact) mass is 297 g/mol. The summed E-state index contributed by atoms with van der Waals surface area (Å²) in [5.74, 6) is -0.485. The molecular weight excluding hydrogens is 278 g/mol. The van der Waals surface area contributed by atoms with Gasteiger partial charge in [0.2, 0.25) is 11.8 Å². The number of nitrogens with one attached hydrogen (secondary N) is 2. The Kier molecular flexibility index (Phi) is 5.02. The molecule has 1 aliphatic heterocycles. The number of imide groups is 1. The van der Waals surface area contributed by atoms with Crippen molar-refractivity contribution in [2.75, 3.05) is 18.4 Å². The van der Waals surface area contributed by atoms with Gasteiger partial charge in [-0.25, -0.2) is 0 Å². The lowest BCUT2D eigenvalue weighted by atomic mass is 10.1. The number of amides is 2. The lowest BCUT2D eigenvalue weighted by molar-refractivity contribution is -0.140. The Morgan fingerprint density at radius 3 is 2.95 bits per heavy atom. The molecule has 1 aliphatic rings. The van der Waals surface area contributed by atoms with Crippen LogP contribution in [0.25, 0.3) is 0 Å². The minimum absolute atomic E-state index is 0.217. The van der Waals surface area contributed by atoms with Gasteiger partial charge >= 0.3 is 0 Å². The van der Waals surface area contributed by atoms with Crippen LogP contribution in [0.5, 0.6) is 0 Å². The minimum atomic E-state index is -0.284. The number of carbonyl (C=O) groups excluding carboxylic acids is 2. The largest absolute Gasteiger partial charge is 0.374 e. The van der Waals surface area contributed by atoms with Gasteiger partial charge in [0, 0.05) is 24.6 Å². The maximum Gasteiger partial charge on any atom is 0.243 e. The van der Waals surface area contributed by atoms with E-state index < -0.39 is 0 Å². The molecule has 0 aliphatic carbocycles. The Morgan fingerprint density at radius 2 is 2.25 bits per heavy atom. The second kappa shape index (κ2) is 6.76. The van der Waals surface area contributed by atoms with E-state index in [2.05, 4.69) is 27.1 Å². The van der Waals surface area contributed by atoms with Crippen LogP contribution in [0.4, 0.5) is 5.00 Å². The molecule has 0 saturated carbocycles. The van der Waals surface area contributed by atoms with E-state index in [-0.39, 0.29) is 24.4 Å². The molecule has 0 bridgehead atoms. The normalized spacial score (nSPS) is 20.0. The molecule has 7 nitrogen and oxygen atoms in total.